The second kappa shape index (κ2) is 6.30. The Morgan fingerprint density at radius 2 is 1.70 bits per heavy atom. The first kappa shape index (κ1) is 14.8. The van der Waals surface area contributed by atoms with Crippen molar-refractivity contribution < 1.29 is 9.84 Å². The molecule has 0 aromatic heterocycles. The smallest absolute Gasteiger partial charge is 0.0579 e. The van der Waals surface area contributed by atoms with Crippen LogP contribution >= 0.6 is 0 Å². The van der Waals surface area contributed by atoms with Crippen molar-refractivity contribution in [1.29, 1.82) is 0 Å². The van der Waals surface area contributed by atoms with Crippen LogP contribution in [0.25, 0.3) is 0 Å². The highest BCUT2D eigenvalue weighted by molar-refractivity contribution is 4.90. The van der Waals surface area contributed by atoms with Crippen molar-refractivity contribution in [1.82, 2.24) is 9.80 Å². The van der Waals surface area contributed by atoms with E-state index < -0.39 is 0 Å². The molecule has 1 aliphatic carbocycles. The van der Waals surface area contributed by atoms with Crippen LogP contribution in [-0.2, 0) is 4.74 Å². The van der Waals surface area contributed by atoms with Crippen molar-refractivity contribution >= 4 is 0 Å². The number of ether oxygens (including phenoxy) is 1. The lowest BCUT2D eigenvalue weighted by Crippen LogP contribution is -2.58. The molecule has 4 heteroatoms. The molecule has 2 saturated heterocycles. The molecule has 0 spiro atoms. The van der Waals surface area contributed by atoms with Gasteiger partial charge in [-0.1, -0.05) is 6.92 Å². The van der Waals surface area contributed by atoms with E-state index in [9.17, 15) is 5.11 Å². The molecule has 4 nitrogen and oxygen atoms in total. The Morgan fingerprint density at radius 1 is 1.05 bits per heavy atom. The van der Waals surface area contributed by atoms with Gasteiger partial charge in [-0.05, 0) is 31.6 Å². The first-order valence-electron chi connectivity index (χ1n) is 8.36. The van der Waals surface area contributed by atoms with Gasteiger partial charge in [0.2, 0.25) is 0 Å². The van der Waals surface area contributed by atoms with Gasteiger partial charge in [0.1, 0.15) is 0 Å². The molecule has 1 saturated carbocycles. The molecule has 0 unspecified atom stereocenters. The molecule has 0 aromatic carbocycles. The summed E-state index contributed by atoms with van der Waals surface area (Å²) in [7, 11) is 0. The Morgan fingerprint density at radius 3 is 2.20 bits per heavy atom. The van der Waals surface area contributed by atoms with Crippen molar-refractivity contribution in [3.63, 3.8) is 0 Å². The molecule has 0 amide bonds. The first-order chi connectivity index (χ1) is 9.71. The van der Waals surface area contributed by atoms with E-state index in [-0.39, 0.29) is 12.0 Å². The lowest BCUT2D eigenvalue weighted by atomic mass is 9.85. The van der Waals surface area contributed by atoms with Crippen LogP contribution < -0.4 is 0 Å². The van der Waals surface area contributed by atoms with E-state index in [1.807, 2.05) is 0 Å². The van der Waals surface area contributed by atoms with E-state index in [4.69, 9.17) is 4.74 Å². The predicted molar refractivity (Wildman–Crippen MR) is 79.8 cm³/mol. The fraction of sp³-hybridized carbons (Fsp3) is 1.00. The van der Waals surface area contributed by atoms with Crippen LogP contribution in [0.5, 0.6) is 0 Å². The summed E-state index contributed by atoms with van der Waals surface area (Å²) in [5.74, 6) is 0.940. The summed E-state index contributed by atoms with van der Waals surface area (Å²) in [4.78, 5) is 5.24. The molecule has 0 atom stereocenters. The number of aliphatic hydroxyl groups excluding tert-OH is 1. The highest BCUT2D eigenvalue weighted by Crippen LogP contribution is 2.30. The molecule has 3 fully saturated rings. The third-order valence-corrected chi connectivity index (χ3v) is 5.62. The Kier molecular flexibility index (Phi) is 4.65. The summed E-state index contributed by atoms with van der Waals surface area (Å²) in [6, 6.07) is 0.840. The zero-order chi connectivity index (χ0) is 14.0. The summed E-state index contributed by atoms with van der Waals surface area (Å²) in [5.41, 5.74) is 0.0441. The van der Waals surface area contributed by atoms with Crippen LogP contribution in [-0.4, -0.2) is 73.5 Å². The lowest BCUT2D eigenvalue weighted by molar-refractivity contribution is -0.151. The normalized spacial score (nSPS) is 35.7. The Bertz CT molecular complexity index is 298. The number of piperazine rings is 1. The molecule has 3 rings (SSSR count). The Balaban J connectivity index is 1.43. The number of aliphatic hydroxyl groups is 1. The van der Waals surface area contributed by atoms with E-state index in [0.717, 1.165) is 44.8 Å². The zero-order valence-corrected chi connectivity index (χ0v) is 12.9. The molecule has 20 heavy (non-hydrogen) atoms. The molecule has 3 aliphatic rings. The van der Waals surface area contributed by atoms with Crippen molar-refractivity contribution in [3.8, 4) is 0 Å². The summed E-state index contributed by atoms with van der Waals surface area (Å²) < 4.78 is 5.30. The van der Waals surface area contributed by atoms with Crippen molar-refractivity contribution in [2.24, 2.45) is 11.3 Å². The van der Waals surface area contributed by atoms with E-state index in [2.05, 4.69) is 16.7 Å². The SMILES string of the molecule is CC1CCC(N2CCN(CC3(CO)COC3)CC2)CC1. The summed E-state index contributed by atoms with van der Waals surface area (Å²) >= 11 is 0. The van der Waals surface area contributed by atoms with Crippen LogP contribution in [0.2, 0.25) is 0 Å². The molecule has 0 aromatic rings. The third kappa shape index (κ3) is 3.19. The van der Waals surface area contributed by atoms with Crippen molar-refractivity contribution in [2.75, 3.05) is 52.5 Å². The van der Waals surface area contributed by atoms with Crippen molar-refractivity contribution in [3.05, 3.63) is 0 Å². The van der Waals surface area contributed by atoms with Crippen LogP contribution in [0.1, 0.15) is 32.6 Å². The number of hydrogen-bond donors (Lipinski definition) is 1. The van der Waals surface area contributed by atoms with Crippen LogP contribution in [0.4, 0.5) is 0 Å². The lowest BCUT2D eigenvalue weighted by Gasteiger charge is -2.47. The van der Waals surface area contributed by atoms with Crippen LogP contribution in [0.15, 0.2) is 0 Å². The van der Waals surface area contributed by atoms with Gasteiger partial charge in [-0.3, -0.25) is 9.80 Å². The molecule has 1 N–H and O–H groups in total. The molecule has 2 heterocycles. The standard InChI is InChI=1S/C16H30N2O2/c1-14-2-4-15(5-3-14)18-8-6-17(7-9-18)10-16(11-19)12-20-13-16/h14-15,19H,2-13H2,1H3. The highest BCUT2D eigenvalue weighted by atomic mass is 16.5. The maximum absolute atomic E-state index is 9.53. The zero-order valence-electron chi connectivity index (χ0n) is 12.9. The fourth-order valence-electron chi connectivity index (χ4n) is 3.99. The van der Waals surface area contributed by atoms with Gasteiger partial charge in [0.15, 0.2) is 0 Å². The Hall–Kier alpha value is -0.160. The second-order valence-corrected chi connectivity index (χ2v) is 7.38. The van der Waals surface area contributed by atoms with E-state index in [0.29, 0.717) is 0 Å². The summed E-state index contributed by atoms with van der Waals surface area (Å²) in [6.07, 6.45) is 5.62. The van der Waals surface area contributed by atoms with Crippen molar-refractivity contribution in [2.45, 2.75) is 38.6 Å². The van der Waals surface area contributed by atoms with Gasteiger partial charge in [0.05, 0.1) is 25.2 Å². The predicted octanol–water partition coefficient (Wildman–Crippen LogP) is 1.19. The van der Waals surface area contributed by atoms with Gasteiger partial charge in [-0.25, -0.2) is 0 Å². The molecular weight excluding hydrogens is 252 g/mol. The molecular formula is C16H30N2O2. The highest BCUT2D eigenvalue weighted by Gasteiger charge is 2.40. The maximum atomic E-state index is 9.53. The van der Waals surface area contributed by atoms with E-state index >= 15 is 0 Å². The molecule has 0 radical (unpaired) electrons. The molecule has 0 bridgehead atoms. The van der Waals surface area contributed by atoms with E-state index in [1.54, 1.807) is 0 Å². The van der Waals surface area contributed by atoms with Crippen LogP contribution in [0.3, 0.4) is 0 Å². The minimum atomic E-state index is 0.0441. The second-order valence-electron chi connectivity index (χ2n) is 7.38. The number of rotatable bonds is 4. The maximum Gasteiger partial charge on any atom is 0.0579 e. The van der Waals surface area contributed by atoms with Gasteiger partial charge >= 0.3 is 0 Å². The van der Waals surface area contributed by atoms with Gasteiger partial charge in [-0.15, -0.1) is 0 Å². The third-order valence-electron chi connectivity index (χ3n) is 5.62. The molecule has 2 aliphatic heterocycles. The van der Waals surface area contributed by atoms with E-state index in [1.165, 1.54) is 38.8 Å². The minimum absolute atomic E-state index is 0.0441. The number of nitrogens with zero attached hydrogens (tertiary/aromatic N) is 2. The van der Waals surface area contributed by atoms with Gasteiger partial charge in [-0.2, -0.15) is 0 Å². The average molecular weight is 282 g/mol. The quantitative estimate of drug-likeness (QED) is 0.840. The Labute approximate surface area is 123 Å². The first-order valence-corrected chi connectivity index (χ1v) is 8.36. The summed E-state index contributed by atoms with van der Waals surface area (Å²) in [6.45, 7) is 9.90. The number of hydrogen-bond acceptors (Lipinski definition) is 4. The largest absolute Gasteiger partial charge is 0.396 e. The van der Waals surface area contributed by atoms with Crippen LogP contribution in [0, 0.1) is 11.3 Å². The fourth-order valence-corrected chi connectivity index (χ4v) is 3.99. The van der Waals surface area contributed by atoms with Gasteiger partial charge < -0.3 is 9.84 Å². The molecule has 116 valence electrons. The minimum Gasteiger partial charge on any atom is -0.396 e. The van der Waals surface area contributed by atoms with Gasteiger partial charge in [0.25, 0.3) is 0 Å². The monoisotopic (exact) mass is 282 g/mol. The average Bonchev–Trinajstić information content (AvgIpc) is 2.45. The summed E-state index contributed by atoms with van der Waals surface area (Å²) in [5, 5.41) is 9.53. The topological polar surface area (TPSA) is 35.9 Å². The van der Waals surface area contributed by atoms with Gasteiger partial charge in [0, 0.05) is 38.8 Å².